The van der Waals surface area contributed by atoms with E-state index < -0.39 is 0 Å². The highest BCUT2D eigenvalue weighted by Gasteiger charge is 2.05. The molecule has 1 aromatic rings. The van der Waals surface area contributed by atoms with Crippen molar-refractivity contribution in [3.8, 4) is 0 Å². The maximum absolute atomic E-state index is 8.62. The number of hydrogen-bond acceptors (Lipinski definition) is 2. The second-order valence-electron chi connectivity index (χ2n) is 2.52. The van der Waals surface area contributed by atoms with Gasteiger partial charge in [0.1, 0.15) is 0 Å². The van der Waals surface area contributed by atoms with Gasteiger partial charge in [0.25, 0.3) is 0 Å². The van der Waals surface area contributed by atoms with Crippen molar-refractivity contribution in [1.82, 2.24) is 5.48 Å². The maximum Gasteiger partial charge on any atom is 0.0595 e. The summed E-state index contributed by atoms with van der Waals surface area (Å²) in [7, 11) is 0. The zero-order chi connectivity index (χ0) is 9.14. The number of benzene rings is 1. The van der Waals surface area contributed by atoms with Gasteiger partial charge in [-0.05, 0) is 24.6 Å². The molecule has 0 aromatic heterocycles. The van der Waals surface area contributed by atoms with Crippen molar-refractivity contribution >= 4 is 23.2 Å². The van der Waals surface area contributed by atoms with E-state index in [1.807, 2.05) is 13.0 Å². The van der Waals surface area contributed by atoms with Crippen LogP contribution in [0.15, 0.2) is 18.2 Å². The largest absolute Gasteiger partial charge is 0.316 e. The minimum Gasteiger partial charge on any atom is -0.316 e. The molecule has 1 unspecified atom stereocenters. The molecular formula is C8H9Cl2NO. The molecule has 0 saturated carbocycles. The van der Waals surface area contributed by atoms with Crippen LogP contribution in [0.5, 0.6) is 0 Å². The summed E-state index contributed by atoms with van der Waals surface area (Å²) in [5, 5.41) is 9.64. The van der Waals surface area contributed by atoms with Gasteiger partial charge < -0.3 is 5.21 Å². The van der Waals surface area contributed by atoms with Crippen molar-refractivity contribution in [2.24, 2.45) is 0 Å². The topological polar surface area (TPSA) is 32.3 Å². The van der Waals surface area contributed by atoms with Gasteiger partial charge in [0.15, 0.2) is 0 Å². The van der Waals surface area contributed by atoms with Gasteiger partial charge in [-0.3, -0.25) is 0 Å². The van der Waals surface area contributed by atoms with Crippen molar-refractivity contribution < 1.29 is 5.21 Å². The van der Waals surface area contributed by atoms with Crippen LogP contribution in [0.3, 0.4) is 0 Å². The lowest BCUT2D eigenvalue weighted by Crippen LogP contribution is -2.12. The van der Waals surface area contributed by atoms with Crippen LogP contribution in [-0.4, -0.2) is 5.21 Å². The lowest BCUT2D eigenvalue weighted by atomic mass is 10.1. The third-order valence-electron chi connectivity index (χ3n) is 1.64. The molecule has 4 heteroatoms. The van der Waals surface area contributed by atoms with Gasteiger partial charge in [0, 0.05) is 0 Å². The lowest BCUT2D eigenvalue weighted by Gasteiger charge is -2.09. The molecule has 0 aliphatic heterocycles. The standard InChI is InChI=1S/C8H9Cl2NO/c1-5(11-12)6-2-3-7(9)8(10)4-6/h2-5,11-12H,1H3. The van der Waals surface area contributed by atoms with Crippen molar-refractivity contribution in [3.63, 3.8) is 0 Å². The van der Waals surface area contributed by atoms with Gasteiger partial charge >= 0.3 is 0 Å². The van der Waals surface area contributed by atoms with E-state index in [1.54, 1.807) is 12.1 Å². The van der Waals surface area contributed by atoms with Crippen LogP contribution in [0.1, 0.15) is 18.5 Å². The Morgan fingerprint density at radius 3 is 2.50 bits per heavy atom. The average Bonchev–Trinajstić information content (AvgIpc) is 2.08. The van der Waals surface area contributed by atoms with E-state index in [0.29, 0.717) is 10.0 Å². The summed E-state index contributed by atoms with van der Waals surface area (Å²) >= 11 is 11.5. The van der Waals surface area contributed by atoms with Crippen molar-refractivity contribution in [2.75, 3.05) is 0 Å². The fraction of sp³-hybridized carbons (Fsp3) is 0.250. The monoisotopic (exact) mass is 205 g/mol. The predicted molar refractivity (Wildman–Crippen MR) is 49.8 cm³/mol. The molecule has 1 aromatic carbocycles. The van der Waals surface area contributed by atoms with Crippen LogP contribution in [0.2, 0.25) is 10.0 Å². The molecule has 2 nitrogen and oxygen atoms in total. The zero-order valence-electron chi connectivity index (χ0n) is 6.51. The second-order valence-corrected chi connectivity index (χ2v) is 3.34. The molecule has 66 valence electrons. The number of hydrogen-bond donors (Lipinski definition) is 2. The summed E-state index contributed by atoms with van der Waals surface area (Å²) < 4.78 is 0. The summed E-state index contributed by atoms with van der Waals surface area (Å²) in [5.74, 6) is 0. The first-order valence-electron chi connectivity index (χ1n) is 3.49. The molecule has 12 heavy (non-hydrogen) atoms. The molecule has 0 fully saturated rings. The fourth-order valence-corrected chi connectivity index (χ4v) is 1.16. The van der Waals surface area contributed by atoms with Crippen molar-refractivity contribution in [1.29, 1.82) is 0 Å². The van der Waals surface area contributed by atoms with Crippen molar-refractivity contribution in [2.45, 2.75) is 13.0 Å². The smallest absolute Gasteiger partial charge is 0.0595 e. The summed E-state index contributed by atoms with van der Waals surface area (Å²) in [4.78, 5) is 0. The number of hydroxylamine groups is 1. The minimum absolute atomic E-state index is 0.139. The molecule has 0 aliphatic carbocycles. The Kier molecular flexibility index (Phi) is 3.35. The molecular weight excluding hydrogens is 197 g/mol. The SMILES string of the molecule is CC(NO)c1ccc(Cl)c(Cl)c1. The Morgan fingerprint density at radius 2 is 2.00 bits per heavy atom. The Hall–Kier alpha value is -0.280. The van der Waals surface area contributed by atoms with Crippen LogP contribution in [0.25, 0.3) is 0 Å². The minimum atomic E-state index is -0.139. The van der Waals surface area contributed by atoms with Crippen LogP contribution in [0.4, 0.5) is 0 Å². The van der Waals surface area contributed by atoms with Crippen LogP contribution >= 0.6 is 23.2 Å². The lowest BCUT2D eigenvalue weighted by molar-refractivity contribution is 0.133. The maximum atomic E-state index is 8.62. The van der Waals surface area contributed by atoms with Gasteiger partial charge in [-0.2, -0.15) is 5.48 Å². The molecule has 0 heterocycles. The number of rotatable bonds is 2. The van der Waals surface area contributed by atoms with E-state index in [9.17, 15) is 0 Å². The molecule has 1 atom stereocenters. The van der Waals surface area contributed by atoms with Gasteiger partial charge in [-0.15, -0.1) is 0 Å². The van der Waals surface area contributed by atoms with Crippen LogP contribution in [-0.2, 0) is 0 Å². The highest BCUT2D eigenvalue weighted by Crippen LogP contribution is 2.25. The van der Waals surface area contributed by atoms with Gasteiger partial charge in [-0.25, -0.2) is 0 Å². The number of halogens is 2. The van der Waals surface area contributed by atoms with Crippen molar-refractivity contribution in [3.05, 3.63) is 33.8 Å². The van der Waals surface area contributed by atoms with E-state index in [-0.39, 0.29) is 6.04 Å². The molecule has 0 saturated heterocycles. The summed E-state index contributed by atoms with van der Waals surface area (Å²) in [6.45, 7) is 1.82. The van der Waals surface area contributed by atoms with Gasteiger partial charge in [0.05, 0.1) is 16.1 Å². The molecule has 0 bridgehead atoms. The first-order valence-corrected chi connectivity index (χ1v) is 4.25. The summed E-state index contributed by atoms with van der Waals surface area (Å²) in [5.41, 5.74) is 3.02. The first-order chi connectivity index (χ1) is 5.65. The summed E-state index contributed by atoms with van der Waals surface area (Å²) in [6, 6.07) is 5.09. The molecule has 1 rings (SSSR count). The molecule has 0 spiro atoms. The zero-order valence-corrected chi connectivity index (χ0v) is 8.02. The quantitative estimate of drug-likeness (QED) is 0.729. The van der Waals surface area contributed by atoms with E-state index >= 15 is 0 Å². The fourth-order valence-electron chi connectivity index (χ4n) is 0.856. The molecule has 0 amide bonds. The molecule has 0 radical (unpaired) electrons. The van der Waals surface area contributed by atoms with E-state index in [4.69, 9.17) is 28.4 Å². The van der Waals surface area contributed by atoms with E-state index in [0.717, 1.165) is 5.56 Å². The van der Waals surface area contributed by atoms with Gasteiger partial charge in [-0.1, -0.05) is 29.3 Å². The van der Waals surface area contributed by atoms with Crippen LogP contribution in [0, 0.1) is 0 Å². The second kappa shape index (κ2) is 4.10. The highest BCUT2D eigenvalue weighted by atomic mass is 35.5. The third kappa shape index (κ3) is 2.11. The van der Waals surface area contributed by atoms with Gasteiger partial charge in [0.2, 0.25) is 0 Å². The highest BCUT2D eigenvalue weighted by molar-refractivity contribution is 6.42. The van der Waals surface area contributed by atoms with E-state index in [2.05, 4.69) is 5.48 Å². The normalized spacial score (nSPS) is 13.0. The molecule has 2 N–H and O–H groups in total. The average molecular weight is 206 g/mol. The first kappa shape index (κ1) is 9.81. The van der Waals surface area contributed by atoms with E-state index in [1.165, 1.54) is 0 Å². The Labute approximate surface area is 81.1 Å². The Bertz CT molecular complexity index is 278. The number of nitrogens with one attached hydrogen (secondary N) is 1. The Balaban J connectivity index is 2.96. The summed E-state index contributed by atoms with van der Waals surface area (Å²) in [6.07, 6.45) is 0. The third-order valence-corrected chi connectivity index (χ3v) is 2.38. The molecule has 0 aliphatic rings. The van der Waals surface area contributed by atoms with Crippen LogP contribution < -0.4 is 5.48 Å². The Morgan fingerprint density at radius 1 is 1.33 bits per heavy atom. The predicted octanol–water partition coefficient (Wildman–Crippen LogP) is 3.03.